The van der Waals surface area contributed by atoms with Crippen LogP contribution in [-0.2, 0) is 6.42 Å². The average Bonchev–Trinajstić information content (AvgIpc) is 2.84. The van der Waals surface area contributed by atoms with Gasteiger partial charge in [-0.3, -0.25) is 0 Å². The largest absolute Gasteiger partial charge is 0.497 e. The zero-order valence-electron chi connectivity index (χ0n) is 10.5. The van der Waals surface area contributed by atoms with Crippen LogP contribution < -0.4 is 4.74 Å². The highest BCUT2D eigenvalue weighted by Gasteiger charge is 2.09. The van der Waals surface area contributed by atoms with Crippen LogP contribution >= 0.6 is 15.9 Å². The second-order valence-corrected chi connectivity index (χ2v) is 5.21. The van der Waals surface area contributed by atoms with E-state index in [2.05, 4.69) is 38.0 Å². The molecule has 0 aliphatic heterocycles. The molecule has 2 heterocycles. The van der Waals surface area contributed by atoms with Gasteiger partial charge in [-0.05, 0) is 51.7 Å². The van der Waals surface area contributed by atoms with Crippen LogP contribution in [0, 0.1) is 0 Å². The summed E-state index contributed by atoms with van der Waals surface area (Å²) in [5, 5.41) is 1.14. The Hall–Kier alpha value is -1.81. The first kappa shape index (κ1) is 12.2. The Labute approximate surface area is 119 Å². The number of pyridine rings is 1. The number of benzene rings is 1. The summed E-state index contributed by atoms with van der Waals surface area (Å²) in [5.41, 5.74) is 3.35. The van der Waals surface area contributed by atoms with Crippen molar-refractivity contribution in [1.29, 1.82) is 0 Å². The molecule has 96 valence electrons. The Kier molecular flexibility index (Phi) is 3.25. The number of nitrogens with one attached hydrogen (secondary N) is 1. The van der Waals surface area contributed by atoms with Gasteiger partial charge >= 0.3 is 0 Å². The fourth-order valence-electron chi connectivity index (χ4n) is 2.22. The Bertz CT molecular complexity index is 721. The zero-order valence-corrected chi connectivity index (χ0v) is 12.1. The molecule has 19 heavy (non-hydrogen) atoms. The predicted molar refractivity (Wildman–Crippen MR) is 79.6 cm³/mol. The van der Waals surface area contributed by atoms with Crippen molar-refractivity contribution in [2.24, 2.45) is 0 Å². The van der Waals surface area contributed by atoms with Gasteiger partial charge in [0.1, 0.15) is 11.4 Å². The Morgan fingerprint density at radius 1 is 1.32 bits per heavy atom. The molecule has 3 nitrogen and oxygen atoms in total. The maximum Gasteiger partial charge on any atom is 0.138 e. The van der Waals surface area contributed by atoms with E-state index in [0.29, 0.717) is 0 Å². The van der Waals surface area contributed by atoms with E-state index in [9.17, 15) is 0 Å². The van der Waals surface area contributed by atoms with Crippen molar-refractivity contribution in [3.05, 3.63) is 58.3 Å². The highest BCUT2D eigenvalue weighted by atomic mass is 79.9. The highest BCUT2D eigenvalue weighted by Crippen LogP contribution is 2.27. The minimum Gasteiger partial charge on any atom is -0.497 e. The fraction of sp³-hybridized carbons (Fsp3) is 0.133. The first-order valence-corrected chi connectivity index (χ1v) is 6.80. The Balaban J connectivity index is 2.01. The van der Waals surface area contributed by atoms with Crippen molar-refractivity contribution < 1.29 is 4.74 Å². The van der Waals surface area contributed by atoms with Crippen LogP contribution in [0.5, 0.6) is 5.75 Å². The van der Waals surface area contributed by atoms with Crippen LogP contribution in [0.3, 0.4) is 0 Å². The molecule has 1 N–H and O–H groups in total. The number of fused-ring (bicyclic) bond motifs is 1. The van der Waals surface area contributed by atoms with E-state index in [1.807, 2.05) is 24.4 Å². The summed E-state index contributed by atoms with van der Waals surface area (Å²) in [6, 6.07) is 10.1. The topological polar surface area (TPSA) is 37.9 Å². The molecule has 0 fully saturated rings. The molecule has 0 unspecified atom stereocenters. The predicted octanol–water partition coefficient (Wildman–Crippen LogP) is 3.92. The lowest BCUT2D eigenvalue weighted by Crippen LogP contribution is -1.89. The van der Waals surface area contributed by atoms with Gasteiger partial charge in [0.25, 0.3) is 0 Å². The number of methoxy groups -OCH3 is 1. The molecule has 0 aliphatic carbocycles. The molecule has 3 rings (SSSR count). The number of rotatable bonds is 3. The van der Waals surface area contributed by atoms with E-state index in [1.165, 1.54) is 11.1 Å². The van der Waals surface area contributed by atoms with Crippen molar-refractivity contribution in [2.75, 3.05) is 7.11 Å². The van der Waals surface area contributed by atoms with Crippen molar-refractivity contribution >= 4 is 27.0 Å². The number of aromatic nitrogens is 2. The fourth-order valence-corrected chi connectivity index (χ4v) is 2.78. The van der Waals surface area contributed by atoms with Gasteiger partial charge in [-0.2, -0.15) is 0 Å². The molecule has 3 aromatic rings. The van der Waals surface area contributed by atoms with Crippen LogP contribution in [0.4, 0.5) is 0 Å². The number of H-pyrrole nitrogens is 1. The molecule has 0 spiro atoms. The molecular weight excluding hydrogens is 304 g/mol. The summed E-state index contributed by atoms with van der Waals surface area (Å²) in [6.07, 6.45) is 4.65. The van der Waals surface area contributed by atoms with Gasteiger partial charge in [0.05, 0.1) is 7.11 Å². The highest BCUT2D eigenvalue weighted by molar-refractivity contribution is 9.10. The maximum atomic E-state index is 5.26. The van der Waals surface area contributed by atoms with Gasteiger partial charge in [0.15, 0.2) is 0 Å². The smallest absolute Gasteiger partial charge is 0.138 e. The van der Waals surface area contributed by atoms with Gasteiger partial charge in [-0.25, -0.2) is 4.98 Å². The summed E-state index contributed by atoms with van der Waals surface area (Å²) in [4.78, 5) is 7.53. The molecule has 2 aromatic heterocycles. The molecule has 0 radical (unpaired) electrons. The summed E-state index contributed by atoms with van der Waals surface area (Å²) in [5.74, 6) is 0.884. The van der Waals surface area contributed by atoms with Crippen molar-refractivity contribution in [3.63, 3.8) is 0 Å². The molecule has 0 aliphatic rings. The van der Waals surface area contributed by atoms with Gasteiger partial charge in [0.2, 0.25) is 0 Å². The van der Waals surface area contributed by atoms with Gasteiger partial charge in [-0.15, -0.1) is 0 Å². The summed E-state index contributed by atoms with van der Waals surface area (Å²) >= 11 is 3.58. The molecule has 0 atom stereocenters. The van der Waals surface area contributed by atoms with E-state index in [1.54, 1.807) is 13.3 Å². The third kappa shape index (κ3) is 2.36. The Morgan fingerprint density at radius 2 is 2.21 bits per heavy atom. The average molecular weight is 317 g/mol. The lowest BCUT2D eigenvalue weighted by Gasteiger charge is -2.04. The minimum absolute atomic E-state index is 0.849. The van der Waals surface area contributed by atoms with Gasteiger partial charge < -0.3 is 9.72 Å². The van der Waals surface area contributed by atoms with Gasteiger partial charge in [-0.1, -0.05) is 12.1 Å². The number of hydrogen-bond donors (Lipinski definition) is 1. The van der Waals surface area contributed by atoms with Crippen molar-refractivity contribution in [3.8, 4) is 5.75 Å². The zero-order chi connectivity index (χ0) is 13.2. The molecule has 4 heteroatoms. The third-order valence-electron chi connectivity index (χ3n) is 3.13. The quantitative estimate of drug-likeness (QED) is 0.795. The number of hydrogen-bond acceptors (Lipinski definition) is 2. The van der Waals surface area contributed by atoms with E-state index >= 15 is 0 Å². The number of nitrogens with zero attached hydrogens (tertiary/aromatic N) is 1. The van der Waals surface area contributed by atoms with E-state index in [0.717, 1.165) is 27.7 Å². The van der Waals surface area contributed by atoms with Crippen molar-refractivity contribution in [1.82, 2.24) is 9.97 Å². The van der Waals surface area contributed by atoms with E-state index in [-0.39, 0.29) is 0 Å². The summed E-state index contributed by atoms with van der Waals surface area (Å²) in [7, 11) is 1.69. The summed E-state index contributed by atoms with van der Waals surface area (Å²) in [6.45, 7) is 0. The standard InChI is InChI=1S/C15H13BrN2O/c1-19-12-4-2-3-10(8-12)7-11-9-18-15-14(11)13(16)5-6-17-15/h2-6,8-9H,7H2,1H3,(H,17,18). The Morgan fingerprint density at radius 3 is 3.05 bits per heavy atom. The maximum absolute atomic E-state index is 5.26. The SMILES string of the molecule is COc1cccc(Cc2c[nH]c3nccc(Br)c23)c1. The number of aromatic amines is 1. The second-order valence-electron chi connectivity index (χ2n) is 4.36. The first-order valence-electron chi connectivity index (χ1n) is 6.01. The van der Waals surface area contributed by atoms with Crippen molar-refractivity contribution in [2.45, 2.75) is 6.42 Å². The number of halogens is 1. The summed E-state index contributed by atoms with van der Waals surface area (Å²) < 4.78 is 6.32. The normalized spacial score (nSPS) is 10.8. The number of ether oxygens (including phenoxy) is 1. The molecule has 0 saturated carbocycles. The molecule has 1 aromatic carbocycles. The third-order valence-corrected chi connectivity index (χ3v) is 3.79. The molecule has 0 amide bonds. The van der Waals surface area contributed by atoms with Crippen LogP contribution in [-0.4, -0.2) is 17.1 Å². The van der Waals surface area contributed by atoms with Crippen LogP contribution in [0.25, 0.3) is 11.0 Å². The van der Waals surface area contributed by atoms with Crippen LogP contribution in [0.1, 0.15) is 11.1 Å². The van der Waals surface area contributed by atoms with E-state index < -0.39 is 0 Å². The van der Waals surface area contributed by atoms with Crippen LogP contribution in [0.15, 0.2) is 47.2 Å². The lowest BCUT2D eigenvalue weighted by molar-refractivity contribution is 0.414. The van der Waals surface area contributed by atoms with E-state index in [4.69, 9.17) is 4.74 Å². The monoisotopic (exact) mass is 316 g/mol. The second kappa shape index (κ2) is 5.05. The molecule has 0 bridgehead atoms. The molecular formula is C15H13BrN2O. The molecule has 0 saturated heterocycles. The van der Waals surface area contributed by atoms with Gasteiger partial charge in [0, 0.05) is 22.3 Å². The lowest BCUT2D eigenvalue weighted by atomic mass is 10.1. The first-order chi connectivity index (χ1) is 9.28. The minimum atomic E-state index is 0.849. The van der Waals surface area contributed by atoms with Crippen LogP contribution in [0.2, 0.25) is 0 Å².